The van der Waals surface area contributed by atoms with Gasteiger partial charge in [-0.3, -0.25) is 0 Å². The molecule has 0 spiro atoms. The number of aromatic amines is 1. The van der Waals surface area contributed by atoms with Crippen molar-refractivity contribution in [2.75, 3.05) is 0 Å². The van der Waals surface area contributed by atoms with Crippen LogP contribution in [0.25, 0.3) is 11.1 Å². The Morgan fingerprint density at radius 3 is 2.82 bits per heavy atom. The molecule has 1 fully saturated rings. The second-order valence-electron chi connectivity index (χ2n) is 4.49. The van der Waals surface area contributed by atoms with E-state index in [1.807, 2.05) is 12.1 Å². The number of carboxylic acid groups (broad SMARTS) is 1. The zero-order chi connectivity index (χ0) is 11.8. The predicted octanol–water partition coefficient (Wildman–Crippen LogP) is 3.26. The summed E-state index contributed by atoms with van der Waals surface area (Å²) in [5.74, 6) is -0.208. The average molecular weight is 227 g/mol. The lowest BCUT2D eigenvalue weighted by molar-refractivity contribution is 0.0698. The summed E-state index contributed by atoms with van der Waals surface area (Å²) >= 11 is 0. The zero-order valence-electron chi connectivity index (χ0n) is 9.31. The highest BCUT2D eigenvalue weighted by Crippen LogP contribution is 2.41. The first-order chi connectivity index (χ1) is 8.25. The van der Waals surface area contributed by atoms with Crippen molar-refractivity contribution in [2.45, 2.75) is 18.8 Å². The van der Waals surface area contributed by atoms with E-state index in [1.54, 1.807) is 6.20 Å². The Balaban J connectivity index is 2.05. The fraction of sp³-hybridized carbons (Fsp3) is 0.214. The quantitative estimate of drug-likeness (QED) is 0.845. The molecule has 0 atom stereocenters. The highest BCUT2D eigenvalue weighted by atomic mass is 16.4. The Bertz CT molecular complexity index is 567. The minimum Gasteiger partial charge on any atom is -0.478 e. The molecule has 1 aliphatic rings. The molecule has 3 heteroatoms. The number of hydrogen-bond acceptors (Lipinski definition) is 1. The molecule has 3 nitrogen and oxygen atoms in total. The van der Waals surface area contributed by atoms with Gasteiger partial charge in [0.1, 0.15) is 0 Å². The second kappa shape index (κ2) is 3.77. The molecule has 1 aromatic heterocycles. The molecule has 0 saturated heterocycles. The van der Waals surface area contributed by atoms with E-state index < -0.39 is 5.97 Å². The third-order valence-corrected chi connectivity index (χ3v) is 3.22. The second-order valence-corrected chi connectivity index (χ2v) is 4.49. The summed E-state index contributed by atoms with van der Waals surface area (Å²) in [6.07, 6.45) is 5.78. The molecule has 0 amide bonds. The summed E-state index contributed by atoms with van der Waals surface area (Å²) in [5.41, 5.74) is 3.39. The van der Waals surface area contributed by atoms with E-state index in [-0.39, 0.29) is 0 Å². The van der Waals surface area contributed by atoms with Crippen LogP contribution in [0.4, 0.5) is 0 Å². The number of H-pyrrole nitrogens is 1. The summed E-state index contributed by atoms with van der Waals surface area (Å²) in [4.78, 5) is 13.9. The number of aromatic nitrogens is 1. The summed E-state index contributed by atoms with van der Waals surface area (Å²) in [6, 6.07) is 8.19. The Hall–Kier alpha value is -2.03. The first kappa shape index (κ1) is 10.1. The zero-order valence-corrected chi connectivity index (χ0v) is 9.31. The summed E-state index contributed by atoms with van der Waals surface area (Å²) < 4.78 is 0. The van der Waals surface area contributed by atoms with Gasteiger partial charge in [-0.2, -0.15) is 0 Å². The number of hydrogen-bond donors (Lipinski definition) is 2. The molecule has 0 aliphatic heterocycles. The summed E-state index contributed by atoms with van der Waals surface area (Å²) in [7, 11) is 0. The van der Waals surface area contributed by atoms with E-state index in [9.17, 15) is 4.79 Å². The van der Waals surface area contributed by atoms with Gasteiger partial charge in [-0.25, -0.2) is 4.79 Å². The van der Waals surface area contributed by atoms with Crippen LogP contribution in [-0.4, -0.2) is 16.1 Å². The Kier molecular flexibility index (Phi) is 2.25. The van der Waals surface area contributed by atoms with Crippen molar-refractivity contribution in [2.24, 2.45) is 0 Å². The van der Waals surface area contributed by atoms with E-state index in [0.717, 1.165) is 11.1 Å². The van der Waals surface area contributed by atoms with Gasteiger partial charge in [-0.1, -0.05) is 24.3 Å². The van der Waals surface area contributed by atoms with Crippen molar-refractivity contribution in [3.63, 3.8) is 0 Å². The maximum absolute atomic E-state index is 11.1. The highest BCUT2D eigenvalue weighted by molar-refractivity contribution is 5.95. The van der Waals surface area contributed by atoms with Gasteiger partial charge < -0.3 is 10.1 Å². The van der Waals surface area contributed by atoms with Gasteiger partial charge in [0.2, 0.25) is 0 Å². The molecule has 2 N–H and O–H groups in total. The van der Waals surface area contributed by atoms with Gasteiger partial charge in [-0.15, -0.1) is 0 Å². The van der Waals surface area contributed by atoms with E-state index in [4.69, 9.17) is 5.11 Å². The van der Waals surface area contributed by atoms with Crippen LogP contribution in [0.5, 0.6) is 0 Å². The molecule has 3 rings (SSSR count). The summed E-state index contributed by atoms with van der Waals surface area (Å²) in [6.45, 7) is 0. The average Bonchev–Trinajstić information content (AvgIpc) is 3.06. The predicted molar refractivity (Wildman–Crippen MR) is 65.2 cm³/mol. The molecule has 17 heavy (non-hydrogen) atoms. The van der Waals surface area contributed by atoms with Crippen molar-refractivity contribution >= 4 is 5.97 Å². The number of carbonyl (C=O) groups is 1. The van der Waals surface area contributed by atoms with Crippen LogP contribution in [0.3, 0.4) is 0 Å². The van der Waals surface area contributed by atoms with Crippen LogP contribution in [0.15, 0.2) is 36.7 Å². The largest absolute Gasteiger partial charge is 0.478 e. The topological polar surface area (TPSA) is 53.1 Å². The molecule has 86 valence electrons. The number of nitrogens with one attached hydrogen (secondary N) is 1. The molecule has 2 aromatic rings. The molecule has 1 saturated carbocycles. The minimum absolute atomic E-state index is 0.331. The third-order valence-electron chi connectivity index (χ3n) is 3.22. The monoisotopic (exact) mass is 227 g/mol. The van der Waals surface area contributed by atoms with Gasteiger partial charge >= 0.3 is 5.97 Å². The smallest absolute Gasteiger partial charge is 0.337 e. The van der Waals surface area contributed by atoms with Gasteiger partial charge in [0.25, 0.3) is 0 Å². The number of aromatic carboxylic acids is 1. The van der Waals surface area contributed by atoms with Crippen LogP contribution in [0, 0.1) is 0 Å². The normalized spacial score (nSPS) is 14.8. The maximum Gasteiger partial charge on any atom is 0.337 e. The van der Waals surface area contributed by atoms with Crippen LogP contribution in [0.2, 0.25) is 0 Å². The maximum atomic E-state index is 11.1. The van der Waals surface area contributed by atoms with Crippen molar-refractivity contribution in [3.05, 3.63) is 47.8 Å². The molecule has 1 aliphatic carbocycles. The molecule has 1 heterocycles. The Morgan fingerprint density at radius 1 is 1.29 bits per heavy atom. The lowest BCUT2D eigenvalue weighted by atomic mass is 10.0. The van der Waals surface area contributed by atoms with Crippen LogP contribution >= 0.6 is 0 Å². The van der Waals surface area contributed by atoms with Crippen LogP contribution in [-0.2, 0) is 0 Å². The number of carboxylic acids is 1. The highest BCUT2D eigenvalue weighted by Gasteiger charge is 2.24. The first-order valence-electron chi connectivity index (χ1n) is 5.76. The van der Waals surface area contributed by atoms with Gasteiger partial charge in [0.15, 0.2) is 0 Å². The molecule has 0 radical (unpaired) electrons. The number of benzene rings is 1. The SMILES string of the molecule is O=C(O)c1c[nH]cc1-c1cccc(C2CC2)c1. The van der Waals surface area contributed by atoms with E-state index in [0.29, 0.717) is 11.5 Å². The van der Waals surface area contributed by atoms with Crippen molar-refractivity contribution in [1.29, 1.82) is 0 Å². The fourth-order valence-electron chi connectivity index (χ4n) is 2.16. The van der Waals surface area contributed by atoms with Gasteiger partial charge in [0.05, 0.1) is 5.56 Å². The van der Waals surface area contributed by atoms with E-state index in [1.165, 1.54) is 24.6 Å². The molecular weight excluding hydrogens is 214 g/mol. The van der Waals surface area contributed by atoms with E-state index in [2.05, 4.69) is 17.1 Å². The molecule has 0 bridgehead atoms. The first-order valence-corrected chi connectivity index (χ1v) is 5.76. The van der Waals surface area contributed by atoms with Crippen molar-refractivity contribution in [3.8, 4) is 11.1 Å². The van der Waals surface area contributed by atoms with Crippen LogP contribution in [0.1, 0.15) is 34.7 Å². The molecule has 1 aromatic carbocycles. The number of rotatable bonds is 3. The molecular formula is C14H13NO2. The van der Waals surface area contributed by atoms with Crippen molar-refractivity contribution in [1.82, 2.24) is 4.98 Å². The van der Waals surface area contributed by atoms with Crippen LogP contribution < -0.4 is 0 Å². The standard InChI is InChI=1S/C14H13NO2/c16-14(17)13-8-15-7-12(13)11-3-1-2-10(6-11)9-4-5-9/h1-3,6-9,15H,4-5H2,(H,16,17). The Morgan fingerprint density at radius 2 is 2.12 bits per heavy atom. The third kappa shape index (κ3) is 1.84. The Labute approximate surface area is 99.1 Å². The fourth-order valence-corrected chi connectivity index (χ4v) is 2.16. The van der Waals surface area contributed by atoms with Gasteiger partial charge in [-0.05, 0) is 29.9 Å². The molecule has 0 unspecified atom stereocenters. The summed E-state index contributed by atoms with van der Waals surface area (Å²) in [5, 5.41) is 9.09. The van der Waals surface area contributed by atoms with Crippen molar-refractivity contribution < 1.29 is 9.90 Å². The lowest BCUT2D eigenvalue weighted by Crippen LogP contribution is -1.96. The van der Waals surface area contributed by atoms with E-state index >= 15 is 0 Å². The minimum atomic E-state index is -0.891. The van der Waals surface area contributed by atoms with Gasteiger partial charge in [0, 0.05) is 18.0 Å². The lowest BCUT2D eigenvalue weighted by Gasteiger charge is -2.03.